The molecule has 1 aromatic carbocycles. The zero-order valence-corrected chi connectivity index (χ0v) is 10.8. The molecule has 0 aliphatic heterocycles. The van der Waals surface area contributed by atoms with Gasteiger partial charge in [-0.1, -0.05) is 17.7 Å². The van der Waals surface area contributed by atoms with E-state index in [1.165, 1.54) is 0 Å². The zero-order chi connectivity index (χ0) is 12.1. The second-order valence-electron chi connectivity index (χ2n) is 4.07. The summed E-state index contributed by atoms with van der Waals surface area (Å²) in [5.41, 5.74) is 7.43. The molecule has 3 nitrogen and oxygen atoms in total. The lowest BCUT2D eigenvalue weighted by atomic mass is 10.2. The molecule has 0 saturated heterocycles. The minimum atomic E-state index is 0.360. The summed E-state index contributed by atoms with van der Waals surface area (Å²) in [5, 5.41) is 0.719. The van der Waals surface area contributed by atoms with Crippen LogP contribution in [0.1, 0.15) is 12.5 Å². The Bertz CT molecular complexity index is 344. The van der Waals surface area contributed by atoms with Crippen LogP contribution < -0.4 is 5.73 Å². The van der Waals surface area contributed by atoms with Crippen LogP contribution in [0, 0.1) is 0 Å². The highest BCUT2D eigenvalue weighted by atomic mass is 35.5. The third-order valence-electron chi connectivity index (χ3n) is 2.66. The van der Waals surface area contributed by atoms with Crippen LogP contribution in [-0.4, -0.2) is 31.7 Å². The number of anilines is 1. The summed E-state index contributed by atoms with van der Waals surface area (Å²) in [4.78, 5) is 2.20. The first-order chi connectivity index (χ1) is 7.54. The maximum atomic E-state index is 6.12. The molecular formula is C12H19ClN2O. The van der Waals surface area contributed by atoms with E-state index < -0.39 is 0 Å². The summed E-state index contributed by atoms with van der Waals surface area (Å²) in [5.74, 6) is 0. The molecule has 0 fully saturated rings. The first kappa shape index (κ1) is 13.3. The number of benzene rings is 1. The van der Waals surface area contributed by atoms with Gasteiger partial charge < -0.3 is 10.5 Å². The molecule has 0 aromatic heterocycles. The van der Waals surface area contributed by atoms with Gasteiger partial charge in [0.15, 0.2) is 0 Å². The van der Waals surface area contributed by atoms with Gasteiger partial charge in [0.1, 0.15) is 0 Å². The average molecular weight is 243 g/mol. The number of hydrogen-bond acceptors (Lipinski definition) is 3. The molecule has 1 atom stereocenters. The fraction of sp³-hybridized carbons (Fsp3) is 0.500. The summed E-state index contributed by atoms with van der Waals surface area (Å²) in [7, 11) is 3.76. The predicted molar refractivity (Wildman–Crippen MR) is 68.7 cm³/mol. The van der Waals surface area contributed by atoms with Crippen LogP contribution in [0.25, 0.3) is 0 Å². The molecule has 16 heavy (non-hydrogen) atoms. The first-order valence-corrected chi connectivity index (χ1v) is 5.65. The van der Waals surface area contributed by atoms with E-state index in [0.29, 0.717) is 18.3 Å². The lowest BCUT2D eigenvalue weighted by Gasteiger charge is -2.24. The molecule has 0 aliphatic rings. The van der Waals surface area contributed by atoms with Crippen molar-refractivity contribution >= 4 is 17.3 Å². The number of methoxy groups -OCH3 is 1. The fourth-order valence-corrected chi connectivity index (χ4v) is 1.73. The van der Waals surface area contributed by atoms with Crippen LogP contribution >= 0.6 is 11.6 Å². The quantitative estimate of drug-likeness (QED) is 0.806. The molecule has 0 saturated carbocycles. The van der Waals surface area contributed by atoms with Crippen molar-refractivity contribution in [3.63, 3.8) is 0 Å². The number of nitrogen functional groups attached to an aromatic ring is 1. The Morgan fingerprint density at radius 1 is 1.50 bits per heavy atom. The SMILES string of the molecule is COCC(C)N(C)Cc1ccc(N)cc1Cl. The minimum absolute atomic E-state index is 0.360. The molecule has 0 spiro atoms. The number of halogens is 1. The Morgan fingerprint density at radius 3 is 2.75 bits per heavy atom. The van der Waals surface area contributed by atoms with Crippen LogP contribution in [-0.2, 0) is 11.3 Å². The van der Waals surface area contributed by atoms with Crippen LogP contribution in [0.2, 0.25) is 5.02 Å². The van der Waals surface area contributed by atoms with Crippen molar-refractivity contribution in [2.45, 2.75) is 19.5 Å². The molecule has 1 aromatic rings. The summed E-state index contributed by atoms with van der Waals surface area (Å²) in [6, 6.07) is 5.98. The summed E-state index contributed by atoms with van der Waals surface area (Å²) in [6.07, 6.45) is 0. The lowest BCUT2D eigenvalue weighted by Crippen LogP contribution is -2.32. The van der Waals surface area contributed by atoms with Crippen LogP contribution in [0.15, 0.2) is 18.2 Å². The maximum Gasteiger partial charge on any atom is 0.0615 e. The van der Waals surface area contributed by atoms with Gasteiger partial charge >= 0.3 is 0 Å². The number of rotatable bonds is 5. The van der Waals surface area contributed by atoms with Gasteiger partial charge in [-0.15, -0.1) is 0 Å². The van der Waals surface area contributed by atoms with Crippen molar-refractivity contribution in [3.8, 4) is 0 Å². The van der Waals surface area contributed by atoms with Gasteiger partial charge in [-0.3, -0.25) is 4.90 Å². The normalized spacial score (nSPS) is 13.1. The smallest absolute Gasteiger partial charge is 0.0615 e. The van der Waals surface area contributed by atoms with Crippen molar-refractivity contribution in [1.82, 2.24) is 4.90 Å². The second kappa shape index (κ2) is 6.09. The number of hydrogen-bond donors (Lipinski definition) is 1. The highest BCUT2D eigenvalue weighted by Gasteiger charge is 2.10. The van der Waals surface area contributed by atoms with Crippen molar-refractivity contribution in [2.24, 2.45) is 0 Å². The Morgan fingerprint density at radius 2 is 2.19 bits per heavy atom. The molecule has 0 heterocycles. The standard InChI is InChI=1S/C12H19ClN2O/c1-9(8-16-3)15(2)7-10-4-5-11(14)6-12(10)13/h4-6,9H,7-8,14H2,1-3H3. The Labute approximate surface area is 102 Å². The van der Waals surface area contributed by atoms with E-state index in [1.807, 2.05) is 12.1 Å². The third-order valence-corrected chi connectivity index (χ3v) is 3.01. The van der Waals surface area contributed by atoms with Gasteiger partial charge in [-0.05, 0) is 31.7 Å². The summed E-state index contributed by atoms with van der Waals surface area (Å²) < 4.78 is 5.12. The monoisotopic (exact) mass is 242 g/mol. The van der Waals surface area contributed by atoms with Crippen LogP contribution in [0.5, 0.6) is 0 Å². The van der Waals surface area contributed by atoms with Crippen molar-refractivity contribution < 1.29 is 4.74 Å². The van der Waals surface area contributed by atoms with Crippen molar-refractivity contribution in [3.05, 3.63) is 28.8 Å². The summed E-state index contributed by atoms with van der Waals surface area (Å²) >= 11 is 6.12. The van der Waals surface area contributed by atoms with Gasteiger partial charge in [0.05, 0.1) is 6.61 Å². The molecule has 0 radical (unpaired) electrons. The van der Waals surface area contributed by atoms with Gasteiger partial charge in [0.2, 0.25) is 0 Å². The van der Waals surface area contributed by atoms with Crippen molar-refractivity contribution in [1.29, 1.82) is 0 Å². The second-order valence-corrected chi connectivity index (χ2v) is 4.48. The van der Waals surface area contributed by atoms with Gasteiger partial charge in [0, 0.05) is 30.4 Å². The first-order valence-electron chi connectivity index (χ1n) is 5.27. The van der Waals surface area contributed by atoms with Crippen LogP contribution in [0.4, 0.5) is 5.69 Å². The van der Waals surface area contributed by atoms with E-state index in [4.69, 9.17) is 22.1 Å². The van der Waals surface area contributed by atoms with E-state index in [2.05, 4.69) is 18.9 Å². The van der Waals surface area contributed by atoms with Crippen LogP contribution in [0.3, 0.4) is 0 Å². The van der Waals surface area contributed by atoms with E-state index in [0.717, 1.165) is 17.1 Å². The fourth-order valence-electron chi connectivity index (χ4n) is 1.48. The predicted octanol–water partition coefficient (Wildman–Crippen LogP) is 2.39. The topological polar surface area (TPSA) is 38.5 Å². The highest BCUT2D eigenvalue weighted by molar-refractivity contribution is 6.31. The Balaban J connectivity index is 2.65. The number of ether oxygens (including phenoxy) is 1. The number of nitrogens with zero attached hydrogens (tertiary/aromatic N) is 1. The molecule has 90 valence electrons. The third kappa shape index (κ3) is 3.67. The Hall–Kier alpha value is -0.770. The van der Waals surface area contributed by atoms with E-state index in [9.17, 15) is 0 Å². The number of likely N-dealkylation sites (N-methyl/N-ethyl adjacent to an activating group) is 1. The average Bonchev–Trinajstić information content (AvgIpc) is 2.22. The minimum Gasteiger partial charge on any atom is -0.399 e. The molecule has 1 rings (SSSR count). The van der Waals surface area contributed by atoms with E-state index in [-0.39, 0.29) is 0 Å². The largest absolute Gasteiger partial charge is 0.399 e. The molecule has 1 unspecified atom stereocenters. The van der Waals surface area contributed by atoms with Gasteiger partial charge in [0.25, 0.3) is 0 Å². The lowest BCUT2D eigenvalue weighted by molar-refractivity contribution is 0.112. The van der Waals surface area contributed by atoms with E-state index in [1.54, 1.807) is 13.2 Å². The van der Waals surface area contributed by atoms with Gasteiger partial charge in [-0.2, -0.15) is 0 Å². The number of nitrogens with two attached hydrogens (primary N) is 1. The molecule has 2 N–H and O–H groups in total. The van der Waals surface area contributed by atoms with Gasteiger partial charge in [-0.25, -0.2) is 0 Å². The molecule has 0 bridgehead atoms. The van der Waals surface area contributed by atoms with E-state index >= 15 is 0 Å². The molecule has 0 aliphatic carbocycles. The molecule has 0 amide bonds. The molecular weight excluding hydrogens is 224 g/mol. The highest BCUT2D eigenvalue weighted by Crippen LogP contribution is 2.20. The van der Waals surface area contributed by atoms with Crippen molar-refractivity contribution in [2.75, 3.05) is 26.5 Å². The molecule has 4 heteroatoms. The summed E-state index contributed by atoms with van der Waals surface area (Å²) in [6.45, 7) is 3.63. The maximum absolute atomic E-state index is 6.12. The zero-order valence-electron chi connectivity index (χ0n) is 10.0. The Kier molecular flexibility index (Phi) is 5.06.